The number of rotatable bonds is 10. The Bertz CT molecular complexity index is 940. The van der Waals surface area contributed by atoms with Gasteiger partial charge in [-0.3, -0.25) is 9.59 Å². The Labute approximate surface area is 222 Å². The summed E-state index contributed by atoms with van der Waals surface area (Å²) in [6, 6.07) is 10.8. The summed E-state index contributed by atoms with van der Waals surface area (Å²) in [5, 5.41) is 0. The fourth-order valence-electron chi connectivity index (χ4n) is 3.72. The lowest BCUT2D eigenvalue weighted by Crippen LogP contribution is -2.37. The van der Waals surface area contributed by atoms with Gasteiger partial charge in [0.25, 0.3) is 11.8 Å². The zero-order chi connectivity index (χ0) is 25.2. The molecule has 1 fully saturated rings. The van der Waals surface area contributed by atoms with Crippen molar-refractivity contribution in [1.29, 1.82) is 0 Å². The molecule has 0 atom stereocenters. The molecule has 0 unspecified atom stereocenters. The van der Waals surface area contributed by atoms with Crippen molar-refractivity contribution in [3.8, 4) is 11.5 Å². The van der Waals surface area contributed by atoms with Gasteiger partial charge in [0, 0.05) is 49.3 Å². The lowest BCUT2D eigenvalue weighted by molar-refractivity contribution is 0.0711. The maximum Gasteiger partial charge on any atom is 0.257 e. The first kappa shape index (κ1) is 27.4. The van der Waals surface area contributed by atoms with Gasteiger partial charge in [-0.05, 0) is 42.8 Å². The molecule has 1 heterocycles. The van der Waals surface area contributed by atoms with Gasteiger partial charge < -0.3 is 28.7 Å². The Morgan fingerprint density at radius 1 is 0.714 bits per heavy atom. The maximum atomic E-state index is 13.4. The molecule has 35 heavy (non-hydrogen) atoms. The van der Waals surface area contributed by atoms with Gasteiger partial charge in [0.2, 0.25) is 0 Å². The minimum Gasteiger partial charge on any atom is -0.490 e. The molecule has 2 aromatic rings. The summed E-state index contributed by atoms with van der Waals surface area (Å²) in [6.07, 6.45) is 0.666. The highest BCUT2D eigenvalue weighted by molar-refractivity contribution is 9.10. The van der Waals surface area contributed by atoms with Crippen LogP contribution in [0, 0.1) is 0 Å². The van der Waals surface area contributed by atoms with Crippen molar-refractivity contribution >= 4 is 43.7 Å². The maximum absolute atomic E-state index is 13.4. The van der Waals surface area contributed by atoms with Crippen molar-refractivity contribution in [2.45, 2.75) is 6.42 Å². The zero-order valence-corrected chi connectivity index (χ0v) is 23.1. The molecule has 0 N–H and O–H groups in total. The molecule has 0 aromatic heterocycles. The van der Waals surface area contributed by atoms with Gasteiger partial charge in [0.1, 0.15) is 24.7 Å². The minimum atomic E-state index is -0.126. The van der Waals surface area contributed by atoms with E-state index in [1.807, 2.05) is 12.1 Å². The molecule has 2 aromatic carbocycles. The summed E-state index contributed by atoms with van der Waals surface area (Å²) in [5.74, 6) is 0.775. The average molecular weight is 614 g/mol. The molecule has 0 spiro atoms. The number of halogens is 2. The molecule has 0 saturated carbocycles. The summed E-state index contributed by atoms with van der Waals surface area (Å²) in [4.78, 5) is 30.4. The van der Waals surface area contributed by atoms with Gasteiger partial charge in [0.05, 0.1) is 24.3 Å². The molecule has 8 nitrogen and oxygen atoms in total. The summed E-state index contributed by atoms with van der Waals surface area (Å²) in [5.41, 5.74) is 0.965. The Balaban J connectivity index is 1.71. The van der Waals surface area contributed by atoms with Crippen LogP contribution in [0.5, 0.6) is 11.5 Å². The monoisotopic (exact) mass is 612 g/mol. The van der Waals surface area contributed by atoms with Gasteiger partial charge in [0.15, 0.2) is 0 Å². The van der Waals surface area contributed by atoms with Gasteiger partial charge >= 0.3 is 0 Å². The van der Waals surface area contributed by atoms with E-state index >= 15 is 0 Å². The molecule has 1 saturated heterocycles. The van der Waals surface area contributed by atoms with E-state index in [9.17, 15) is 9.59 Å². The predicted octanol–water partition coefficient (Wildman–Crippen LogP) is 4.25. The van der Waals surface area contributed by atoms with E-state index in [0.717, 1.165) is 8.95 Å². The van der Waals surface area contributed by atoms with Crippen LogP contribution in [0.3, 0.4) is 0 Å². The fourth-order valence-corrected chi connectivity index (χ4v) is 4.45. The number of hydrogen-bond donors (Lipinski definition) is 0. The summed E-state index contributed by atoms with van der Waals surface area (Å²) in [6.45, 7) is 3.48. The standard InChI is InChI=1S/C25H30Br2N2O6/c1-32-12-14-34-22-6-4-18(26)16-20(22)24(30)28-8-3-9-29(11-10-28)25(31)21-17-19(27)5-7-23(21)35-15-13-33-2/h4-7,16-17H,3,8-15H2,1-2H3. The predicted molar refractivity (Wildman–Crippen MR) is 139 cm³/mol. The number of hydrogen-bond acceptors (Lipinski definition) is 6. The molecule has 0 radical (unpaired) electrons. The zero-order valence-electron chi connectivity index (χ0n) is 19.9. The number of nitrogens with zero attached hydrogens (tertiary/aromatic N) is 2. The van der Waals surface area contributed by atoms with Crippen LogP contribution in [-0.2, 0) is 9.47 Å². The van der Waals surface area contributed by atoms with Gasteiger partial charge in [-0.15, -0.1) is 0 Å². The average Bonchev–Trinajstić information content (AvgIpc) is 3.11. The second-order valence-electron chi connectivity index (χ2n) is 7.90. The van der Waals surface area contributed by atoms with Crippen LogP contribution in [0.2, 0.25) is 0 Å². The van der Waals surface area contributed by atoms with Crippen LogP contribution < -0.4 is 9.47 Å². The molecule has 2 amide bonds. The Morgan fingerprint density at radius 2 is 1.14 bits per heavy atom. The van der Waals surface area contributed by atoms with Crippen LogP contribution in [0.25, 0.3) is 0 Å². The van der Waals surface area contributed by atoms with Crippen LogP contribution in [0.15, 0.2) is 45.3 Å². The van der Waals surface area contributed by atoms with E-state index in [4.69, 9.17) is 18.9 Å². The number of carbonyl (C=O) groups excluding carboxylic acids is 2. The smallest absolute Gasteiger partial charge is 0.257 e. The highest BCUT2D eigenvalue weighted by atomic mass is 79.9. The van der Waals surface area contributed by atoms with E-state index in [1.165, 1.54) is 0 Å². The van der Waals surface area contributed by atoms with E-state index in [-0.39, 0.29) is 11.8 Å². The summed E-state index contributed by atoms with van der Waals surface area (Å²) >= 11 is 6.90. The quantitative estimate of drug-likeness (QED) is 0.373. The molecule has 1 aliphatic rings. The van der Waals surface area contributed by atoms with Crippen LogP contribution >= 0.6 is 31.9 Å². The number of methoxy groups -OCH3 is 2. The van der Waals surface area contributed by atoms with Gasteiger partial charge in [-0.2, -0.15) is 0 Å². The molecule has 3 rings (SSSR count). The third-order valence-electron chi connectivity index (χ3n) is 5.50. The van der Waals surface area contributed by atoms with Crippen LogP contribution in [0.1, 0.15) is 27.1 Å². The van der Waals surface area contributed by atoms with Crippen molar-refractivity contribution < 1.29 is 28.5 Å². The largest absolute Gasteiger partial charge is 0.490 e. The summed E-state index contributed by atoms with van der Waals surface area (Å²) < 4.78 is 23.2. The Hall–Kier alpha value is -2.14. The van der Waals surface area contributed by atoms with Crippen molar-refractivity contribution in [2.24, 2.45) is 0 Å². The van der Waals surface area contributed by atoms with E-state index < -0.39 is 0 Å². The van der Waals surface area contributed by atoms with E-state index in [0.29, 0.717) is 81.7 Å². The van der Waals surface area contributed by atoms with Crippen molar-refractivity contribution in [1.82, 2.24) is 9.80 Å². The highest BCUT2D eigenvalue weighted by Crippen LogP contribution is 2.27. The number of benzene rings is 2. The Kier molecular flexibility index (Phi) is 10.8. The molecule has 0 bridgehead atoms. The second-order valence-corrected chi connectivity index (χ2v) is 9.73. The lowest BCUT2D eigenvalue weighted by Gasteiger charge is -2.24. The first-order valence-corrected chi connectivity index (χ1v) is 12.9. The topological polar surface area (TPSA) is 77.5 Å². The highest BCUT2D eigenvalue weighted by Gasteiger charge is 2.27. The molecule has 10 heteroatoms. The SMILES string of the molecule is COCCOc1ccc(Br)cc1C(=O)N1CCCN(C(=O)c2cc(Br)ccc2OCCOC)CC1. The lowest BCUT2D eigenvalue weighted by atomic mass is 10.1. The number of ether oxygens (including phenoxy) is 4. The first-order valence-electron chi connectivity index (χ1n) is 11.4. The van der Waals surface area contributed by atoms with E-state index in [1.54, 1.807) is 48.3 Å². The van der Waals surface area contributed by atoms with E-state index in [2.05, 4.69) is 31.9 Å². The van der Waals surface area contributed by atoms with Crippen molar-refractivity contribution in [3.05, 3.63) is 56.5 Å². The minimum absolute atomic E-state index is 0.126. The van der Waals surface area contributed by atoms with Crippen molar-refractivity contribution in [2.75, 3.05) is 66.8 Å². The van der Waals surface area contributed by atoms with Crippen LogP contribution in [-0.4, -0.2) is 88.4 Å². The normalized spacial score (nSPS) is 13.9. The first-order chi connectivity index (χ1) is 16.9. The molecule has 190 valence electrons. The molecular weight excluding hydrogens is 584 g/mol. The molecular formula is C25H30Br2N2O6. The summed E-state index contributed by atoms with van der Waals surface area (Å²) in [7, 11) is 3.20. The van der Waals surface area contributed by atoms with Gasteiger partial charge in [-0.1, -0.05) is 31.9 Å². The van der Waals surface area contributed by atoms with Crippen molar-refractivity contribution in [3.63, 3.8) is 0 Å². The second kappa shape index (κ2) is 13.8. The molecule has 1 aliphatic heterocycles. The molecule has 0 aliphatic carbocycles. The van der Waals surface area contributed by atoms with Crippen LogP contribution in [0.4, 0.5) is 0 Å². The van der Waals surface area contributed by atoms with Gasteiger partial charge in [-0.25, -0.2) is 0 Å². The Morgan fingerprint density at radius 3 is 1.54 bits per heavy atom. The number of amides is 2. The third kappa shape index (κ3) is 7.67. The number of carbonyl (C=O) groups is 2. The fraction of sp³-hybridized carbons (Fsp3) is 0.440. The third-order valence-corrected chi connectivity index (χ3v) is 6.49.